The standard InChI is InChI=1S/C54H60O4/c1-2-3-19-57-50(55)54(51(56)58-20-21-7-5-4-6-8-21)52-17-15-28-26-13-11-24-22-9-10-23-25-12-14-27-29-16-18-53(52,54)49-37(29)41-35(27)33(25)39-31(23)30(22)38-32(24)34(26)40-36(28)48(52)47(49)46-44(40)42(38)43(39)45(41)46/h4-8,15-18,22-49H,2-3,9-14,19-20H2,1H3. The number of allylic oxidation sites excluding steroid dienone is 4. The summed E-state index contributed by atoms with van der Waals surface area (Å²) in [4.78, 5) is 31.5. The highest BCUT2D eigenvalue weighted by atomic mass is 16.6. The zero-order valence-electron chi connectivity index (χ0n) is 34.1. The first-order valence-corrected chi connectivity index (χ1v) is 25.4. The van der Waals surface area contributed by atoms with E-state index in [0.29, 0.717) is 48.0 Å². The molecule has 4 nitrogen and oxygen atoms in total. The van der Waals surface area contributed by atoms with Crippen molar-refractivity contribution in [2.24, 2.45) is 182 Å². The van der Waals surface area contributed by atoms with Crippen LogP contribution in [0.25, 0.3) is 0 Å². The maximum atomic E-state index is 15.8. The summed E-state index contributed by atoms with van der Waals surface area (Å²) in [5.74, 6) is 23.9. The predicted octanol–water partition coefficient (Wildman–Crippen LogP) is 8.97. The number of carbonyl (C=O) groups is 2. The molecule has 0 radical (unpaired) electrons. The monoisotopic (exact) mass is 772 g/mol. The SMILES string of the molecule is CCCCOC(=O)C1(C(=O)OCc2ccccc2)C23C=CC4C5CCC6C7CCC8C9CCC%10C%11C=CC12C1C%11C2C%10C9C9C8C7C7C6C5C5C6C7C9C2C6C1C3C45. The van der Waals surface area contributed by atoms with E-state index in [0.717, 1.165) is 143 Å². The lowest BCUT2D eigenvalue weighted by molar-refractivity contribution is -0.188. The molecular weight excluding hydrogens is 713 g/mol. The lowest BCUT2D eigenvalue weighted by Gasteiger charge is -2.63. The smallest absolute Gasteiger partial charge is 0.325 e. The van der Waals surface area contributed by atoms with Gasteiger partial charge in [-0.2, -0.15) is 0 Å². The average molecular weight is 773 g/mol. The number of rotatable bonds is 7. The third-order valence-corrected chi connectivity index (χ3v) is 26.1. The number of hydrogen-bond acceptors (Lipinski definition) is 4. The Kier molecular flexibility index (Phi) is 5.08. The van der Waals surface area contributed by atoms with Crippen molar-refractivity contribution >= 4 is 11.9 Å². The van der Waals surface area contributed by atoms with Gasteiger partial charge in [0.25, 0.3) is 0 Å². The van der Waals surface area contributed by atoms with Crippen LogP contribution in [0.1, 0.15) is 63.9 Å². The van der Waals surface area contributed by atoms with Crippen LogP contribution >= 0.6 is 0 Å². The van der Waals surface area contributed by atoms with Crippen LogP contribution in [-0.2, 0) is 25.7 Å². The molecule has 4 heteroatoms. The fourth-order valence-electron chi connectivity index (χ4n) is 27.1. The molecule has 28 atom stereocenters. The van der Waals surface area contributed by atoms with Gasteiger partial charge < -0.3 is 9.47 Å². The second-order valence-electron chi connectivity index (χ2n) is 25.1. The normalized spacial score (nSPS) is 68.5. The average Bonchev–Trinajstić information content (AvgIpc) is 3.94. The molecule has 0 saturated heterocycles. The Morgan fingerprint density at radius 3 is 1.43 bits per heavy atom. The predicted molar refractivity (Wildman–Crippen MR) is 213 cm³/mol. The zero-order chi connectivity index (χ0) is 37.2. The molecule has 17 aliphatic rings. The number of ether oxygens (including phenoxy) is 2. The fraction of sp³-hybridized carbons (Fsp3) is 0.778. The molecule has 0 amide bonds. The van der Waals surface area contributed by atoms with E-state index in [4.69, 9.17) is 9.47 Å². The number of esters is 2. The zero-order valence-corrected chi connectivity index (χ0v) is 34.1. The molecule has 15 fully saturated rings. The van der Waals surface area contributed by atoms with E-state index in [9.17, 15) is 0 Å². The Morgan fingerprint density at radius 1 is 0.517 bits per heavy atom. The summed E-state index contributed by atoms with van der Waals surface area (Å²) in [6.45, 7) is 2.82. The Labute approximate surface area is 343 Å². The van der Waals surface area contributed by atoms with Crippen molar-refractivity contribution in [3.05, 3.63) is 60.2 Å². The van der Waals surface area contributed by atoms with Crippen LogP contribution in [-0.4, -0.2) is 18.5 Å². The number of carbonyl (C=O) groups excluding carboxylic acids is 2. The molecule has 17 aliphatic carbocycles. The van der Waals surface area contributed by atoms with Gasteiger partial charge in [0.2, 0.25) is 0 Å². The van der Waals surface area contributed by atoms with Gasteiger partial charge >= 0.3 is 11.9 Å². The van der Waals surface area contributed by atoms with E-state index in [2.05, 4.69) is 43.4 Å². The van der Waals surface area contributed by atoms with Crippen LogP contribution in [0.2, 0.25) is 0 Å². The molecule has 0 heterocycles. The summed E-state index contributed by atoms with van der Waals surface area (Å²) >= 11 is 0. The first-order valence-electron chi connectivity index (χ1n) is 25.4. The fourth-order valence-corrected chi connectivity index (χ4v) is 27.1. The highest BCUT2D eigenvalue weighted by Crippen LogP contribution is 3.02. The highest BCUT2D eigenvalue weighted by Gasteiger charge is 3.05. The van der Waals surface area contributed by atoms with E-state index in [-0.39, 0.29) is 18.5 Å². The van der Waals surface area contributed by atoms with Crippen LogP contribution in [0.15, 0.2) is 54.6 Å². The maximum absolute atomic E-state index is 15.8. The molecule has 300 valence electrons. The van der Waals surface area contributed by atoms with Crippen molar-refractivity contribution < 1.29 is 19.1 Å². The van der Waals surface area contributed by atoms with E-state index in [1.54, 1.807) is 12.8 Å². The summed E-state index contributed by atoms with van der Waals surface area (Å²) in [5.41, 5.74) is -1.26. The molecular formula is C54H60O4. The summed E-state index contributed by atoms with van der Waals surface area (Å²) < 4.78 is 13.2. The molecule has 0 bridgehead atoms. The van der Waals surface area contributed by atoms with Gasteiger partial charge in [0, 0.05) is 10.8 Å². The summed E-state index contributed by atoms with van der Waals surface area (Å²) in [6.07, 6.45) is 21.7. The first kappa shape index (κ1) is 31.5. The van der Waals surface area contributed by atoms with Crippen molar-refractivity contribution in [3.8, 4) is 0 Å². The Hall–Kier alpha value is -2.36. The second kappa shape index (κ2) is 9.35. The van der Waals surface area contributed by atoms with Gasteiger partial charge in [0.15, 0.2) is 5.41 Å². The largest absolute Gasteiger partial charge is 0.465 e. The molecule has 1 aromatic carbocycles. The lowest BCUT2D eigenvalue weighted by Crippen LogP contribution is -2.62. The van der Waals surface area contributed by atoms with Gasteiger partial charge in [-0.15, -0.1) is 0 Å². The lowest BCUT2D eigenvalue weighted by atomic mass is 9.41. The molecule has 18 rings (SSSR count). The Morgan fingerprint density at radius 2 is 0.931 bits per heavy atom. The maximum Gasteiger partial charge on any atom is 0.325 e. The minimum absolute atomic E-state index is 0.208. The Balaban J connectivity index is 0.917. The van der Waals surface area contributed by atoms with Gasteiger partial charge in [-0.25, -0.2) is 0 Å². The molecule has 0 N–H and O–H groups in total. The molecule has 58 heavy (non-hydrogen) atoms. The van der Waals surface area contributed by atoms with Gasteiger partial charge in [-0.05, 0) is 216 Å². The minimum atomic E-state index is -1.26. The number of fused-ring (bicyclic) bond motifs is 4. The van der Waals surface area contributed by atoms with Crippen molar-refractivity contribution in [1.82, 2.24) is 0 Å². The summed E-state index contributed by atoms with van der Waals surface area (Å²) in [6, 6.07) is 10.3. The summed E-state index contributed by atoms with van der Waals surface area (Å²) in [7, 11) is 0. The van der Waals surface area contributed by atoms with Crippen LogP contribution < -0.4 is 0 Å². The quantitative estimate of drug-likeness (QED) is 0.120. The van der Waals surface area contributed by atoms with Gasteiger partial charge in [0.1, 0.15) is 6.61 Å². The Bertz CT molecular complexity index is 2110. The first-order chi connectivity index (χ1) is 28.6. The molecule has 0 aliphatic heterocycles. The van der Waals surface area contributed by atoms with Crippen LogP contribution in [0, 0.1) is 182 Å². The van der Waals surface area contributed by atoms with Gasteiger partial charge in [-0.1, -0.05) is 68.0 Å². The van der Waals surface area contributed by atoms with E-state index < -0.39 is 16.2 Å². The van der Waals surface area contributed by atoms with Crippen molar-refractivity contribution in [2.75, 3.05) is 6.61 Å². The molecule has 0 aromatic heterocycles. The van der Waals surface area contributed by atoms with E-state index in [1.165, 1.54) is 25.7 Å². The van der Waals surface area contributed by atoms with Crippen molar-refractivity contribution in [2.45, 2.75) is 64.9 Å². The number of hydrogen-bond donors (Lipinski definition) is 0. The third kappa shape index (κ3) is 2.59. The number of benzene rings is 1. The molecule has 2 spiro atoms. The summed E-state index contributed by atoms with van der Waals surface area (Å²) in [5, 5.41) is 0. The van der Waals surface area contributed by atoms with E-state index in [1.807, 2.05) is 18.2 Å². The topological polar surface area (TPSA) is 52.6 Å². The molecule has 15 saturated carbocycles. The third-order valence-electron chi connectivity index (χ3n) is 26.1. The van der Waals surface area contributed by atoms with Gasteiger partial charge in [-0.3, -0.25) is 9.59 Å². The van der Waals surface area contributed by atoms with Gasteiger partial charge in [0.05, 0.1) is 6.61 Å². The van der Waals surface area contributed by atoms with Crippen LogP contribution in [0.4, 0.5) is 0 Å². The van der Waals surface area contributed by atoms with Crippen molar-refractivity contribution in [3.63, 3.8) is 0 Å². The molecule has 28 unspecified atom stereocenters. The number of unbranched alkanes of at least 4 members (excludes halogenated alkanes) is 1. The van der Waals surface area contributed by atoms with Crippen LogP contribution in [0.3, 0.4) is 0 Å². The highest BCUT2D eigenvalue weighted by molar-refractivity contribution is 6.09. The van der Waals surface area contributed by atoms with E-state index >= 15 is 9.59 Å². The van der Waals surface area contributed by atoms with Crippen molar-refractivity contribution in [1.29, 1.82) is 0 Å². The molecule has 1 aromatic rings. The van der Waals surface area contributed by atoms with Crippen LogP contribution in [0.5, 0.6) is 0 Å². The minimum Gasteiger partial charge on any atom is -0.465 e. The second-order valence-corrected chi connectivity index (χ2v) is 25.1.